The van der Waals surface area contributed by atoms with Crippen LogP contribution in [-0.4, -0.2) is 18.0 Å². The van der Waals surface area contributed by atoms with Crippen LogP contribution in [0.1, 0.15) is 39.7 Å². The molecule has 118 valence electrons. The SMILES string of the molecule is CC(C)CC(C)(CN)NC(=O)C(C)Cc1ccccc1F. The molecule has 0 bridgehead atoms. The van der Waals surface area contributed by atoms with Crippen molar-refractivity contribution >= 4 is 5.91 Å². The maximum atomic E-state index is 13.6. The second-order valence-electron chi connectivity index (χ2n) is 6.55. The van der Waals surface area contributed by atoms with Crippen molar-refractivity contribution in [2.24, 2.45) is 17.6 Å². The minimum absolute atomic E-state index is 0.0770. The number of hydrogen-bond acceptors (Lipinski definition) is 2. The highest BCUT2D eigenvalue weighted by atomic mass is 19.1. The van der Waals surface area contributed by atoms with Crippen LogP contribution < -0.4 is 11.1 Å². The molecule has 1 amide bonds. The first kappa shape index (κ1) is 17.6. The van der Waals surface area contributed by atoms with Crippen molar-refractivity contribution in [3.8, 4) is 0 Å². The van der Waals surface area contributed by atoms with Crippen molar-refractivity contribution in [3.05, 3.63) is 35.6 Å². The fraction of sp³-hybridized carbons (Fsp3) is 0.588. The first-order valence-electron chi connectivity index (χ1n) is 7.53. The van der Waals surface area contributed by atoms with E-state index in [2.05, 4.69) is 19.2 Å². The van der Waals surface area contributed by atoms with Gasteiger partial charge in [-0.2, -0.15) is 0 Å². The Hall–Kier alpha value is -1.42. The number of nitrogens with one attached hydrogen (secondary N) is 1. The van der Waals surface area contributed by atoms with E-state index in [0.717, 1.165) is 6.42 Å². The molecule has 0 fully saturated rings. The molecule has 1 rings (SSSR count). The normalized spacial score (nSPS) is 15.6. The van der Waals surface area contributed by atoms with E-state index < -0.39 is 5.54 Å². The highest BCUT2D eigenvalue weighted by Gasteiger charge is 2.28. The lowest BCUT2D eigenvalue weighted by Crippen LogP contribution is -2.53. The molecule has 2 atom stereocenters. The summed E-state index contributed by atoms with van der Waals surface area (Å²) in [5.41, 5.74) is 5.97. The summed E-state index contributed by atoms with van der Waals surface area (Å²) in [4.78, 5) is 12.3. The Morgan fingerprint density at radius 1 is 1.33 bits per heavy atom. The molecule has 0 aliphatic rings. The molecular formula is C17H27FN2O. The van der Waals surface area contributed by atoms with E-state index in [9.17, 15) is 9.18 Å². The zero-order chi connectivity index (χ0) is 16.0. The van der Waals surface area contributed by atoms with Crippen LogP contribution in [0, 0.1) is 17.7 Å². The molecule has 0 spiro atoms. The zero-order valence-electron chi connectivity index (χ0n) is 13.4. The summed E-state index contributed by atoms with van der Waals surface area (Å²) in [6.07, 6.45) is 1.21. The Kier molecular flexibility index (Phi) is 6.34. The summed E-state index contributed by atoms with van der Waals surface area (Å²) < 4.78 is 13.6. The molecule has 0 aromatic heterocycles. The van der Waals surface area contributed by atoms with Gasteiger partial charge in [0.25, 0.3) is 0 Å². The van der Waals surface area contributed by atoms with Gasteiger partial charge in [-0.25, -0.2) is 4.39 Å². The second-order valence-corrected chi connectivity index (χ2v) is 6.55. The van der Waals surface area contributed by atoms with Crippen LogP contribution in [0.3, 0.4) is 0 Å². The van der Waals surface area contributed by atoms with Crippen LogP contribution in [-0.2, 0) is 11.2 Å². The molecule has 21 heavy (non-hydrogen) atoms. The molecule has 2 unspecified atom stereocenters. The van der Waals surface area contributed by atoms with Crippen molar-refractivity contribution < 1.29 is 9.18 Å². The molecule has 0 aliphatic carbocycles. The van der Waals surface area contributed by atoms with Gasteiger partial charge in [-0.15, -0.1) is 0 Å². The lowest BCUT2D eigenvalue weighted by atomic mass is 9.89. The van der Waals surface area contributed by atoms with E-state index in [4.69, 9.17) is 5.73 Å². The van der Waals surface area contributed by atoms with E-state index in [1.165, 1.54) is 6.07 Å². The maximum Gasteiger partial charge on any atom is 0.223 e. The third-order valence-corrected chi connectivity index (χ3v) is 3.67. The standard InChI is InChI=1S/C17H27FN2O/c1-12(2)10-17(4,11-19)20-16(21)13(3)9-14-7-5-6-8-15(14)18/h5-8,12-13H,9-11,19H2,1-4H3,(H,20,21). The van der Waals surface area contributed by atoms with Gasteiger partial charge in [-0.05, 0) is 37.3 Å². The molecule has 3 N–H and O–H groups in total. The number of halogens is 1. The van der Waals surface area contributed by atoms with E-state index >= 15 is 0 Å². The molecule has 1 aromatic carbocycles. The van der Waals surface area contributed by atoms with Gasteiger partial charge in [0.2, 0.25) is 5.91 Å². The number of amides is 1. The highest BCUT2D eigenvalue weighted by Crippen LogP contribution is 2.18. The minimum atomic E-state index is -0.408. The molecule has 3 nitrogen and oxygen atoms in total. The summed E-state index contributed by atoms with van der Waals surface area (Å²) in [5.74, 6) is -0.187. The van der Waals surface area contributed by atoms with E-state index in [1.807, 2.05) is 13.8 Å². The van der Waals surface area contributed by atoms with E-state index in [1.54, 1.807) is 18.2 Å². The number of carbonyl (C=O) groups is 1. The van der Waals surface area contributed by atoms with Gasteiger partial charge in [0.05, 0.1) is 0 Å². The third kappa shape index (κ3) is 5.46. The van der Waals surface area contributed by atoms with Gasteiger partial charge in [0, 0.05) is 18.0 Å². The van der Waals surface area contributed by atoms with Gasteiger partial charge in [-0.1, -0.05) is 39.0 Å². The van der Waals surface area contributed by atoms with Crippen molar-refractivity contribution in [1.29, 1.82) is 0 Å². The highest BCUT2D eigenvalue weighted by molar-refractivity contribution is 5.79. The van der Waals surface area contributed by atoms with Gasteiger partial charge in [0.15, 0.2) is 0 Å². The number of carbonyl (C=O) groups excluding carboxylic acids is 1. The average molecular weight is 294 g/mol. The molecule has 0 radical (unpaired) electrons. The number of benzene rings is 1. The Labute approximate surface area is 127 Å². The van der Waals surface area contributed by atoms with Crippen LogP contribution in [0.15, 0.2) is 24.3 Å². The fourth-order valence-corrected chi connectivity index (χ4v) is 2.59. The van der Waals surface area contributed by atoms with Crippen LogP contribution in [0.4, 0.5) is 4.39 Å². The monoisotopic (exact) mass is 294 g/mol. The molecule has 0 saturated heterocycles. The summed E-state index contributed by atoms with van der Waals surface area (Å²) in [6.45, 7) is 8.36. The molecule has 0 aliphatic heterocycles. The number of rotatable bonds is 7. The summed E-state index contributed by atoms with van der Waals surface area (Å²) in [5, 5.41) is 3.03. The Morgan fingerprint density at radius 2 is 1.95 bits per heavy atom. The molecular weight excluding hydrogens is 267 g/mol. The lowest BCUT2D eigenvalue weighted by molar-refractivity contribution is -0.126. The predicted octanol–water partition coefficient (Wildman–Crippen LogP) is 2.88. The molecule has 4 heteroatoms. The molecule has 1 aromatic rings. The quantitative estimate of drug-likeness (QED) is 0.812. The first-order valence-corrected chi connectivity index (χ1v) is 7.53. The Morgan fingerprint density at radius 3 is 2.48 bits per heavy atom. The second kappa shape index (κ2) is 7.55. The number of hydrogen-bond donors (Lipinski definition) is 2. The van der Waals surface area contributed by atoms with Crippen LogP contribution in [0.5, 0.6) is 0 Å². The average Bonchev–Trinajstić information content (AvgIpc) is 2.40. The van der Waals surface area contributed by atoms with Crippen molar-refractivity contribution in [1.82, 2.24) is 5.32 Å². The van der Waals surface area contributed by atoms with E-state index in [0.29, 0.717) is 24.4 Å². The van der Waals surface area contributed by atoms with Crippen molar-refractivity contribution in [2.75, 3.05) is 6.54 Å². The van der Waals surface area contributed by atoms with Crippen LogP contribution in [0.25, 0.3) is 0 Å². The molecule has 0 saturated carbocycles. The first-order chi connectivity index (χ1) is 9.77. The lowest BCUT2D eigenvalue weighted by Gasteiger charge is -2.32. The smallest absolute Gasteiger partial charge is 0.223 e. The van der Waals surface area contributed by atoms with E-state index in [-0.39, 0.29) is 17.6 Å². The van der Waals surface area contributed by atoms with Gasteiger partial charge >= 0.3 is 0 Å². The van der Waals surface area contributed by atoms with Crippen LogP contribution in [0.2, 0.25) is 0 Å². The summed E-state index contributed by atoms with van der Waals surface area (Å²) >= 11 is 0. The Bertz CT molecular complexity index is 476. The molecule has 0 heterocycles. The largest absolute Gasteiger partial charge is 0.349 e. The van der Waals surface area contributed by atoms with Crippen molar-refractivity contribution in [2.45, 2.75) is 46.1 Å². The number of nitrogens with two attached hydrogens (primary N) is 1. The fourth-order valence-electron chi connectivity index (χ4n) is 2.59. The van der Waals surface area contributed by atoms with Gasteiger partial charge in [0.1, 0.15) is 5.82 Å². The maximum absolute atomic E-state index is 13.6. The van der Waals surface area contributed by atoms with Crippen LogP contribution >= 0.6 is 0 Å². The summed E-state index contributed by atoms with van der Waals surface area (Å²) in [7, 11) is 0. The zero-order valence-corrected chi connectivity index (χ0v) is 13.4. The van der Waals surface area contributed by atoms with Gasteiger partial charge < -0.3 is 11.1 Å². The van der Waals surface area contributed by atoms with Gasteiger partial charge in [-0.3, -0.25) is 4.79 Å². The topological polar surface area (TPSA) is 55.1 Å². The Balaban J connectivity index is 2.68. The van der Waals surface area contributed by atoms with Crippen molar-refractivity contribution in [3.63, 3.8) is 0 Å². The third-order valence-electron chi connectivity index (χ3n) is 3.67. The minimum Gasteiger partial charge on any atom is -0.349 e. The summed E-state index contributed by atoms with van der Waals surface area (Å²) in [6, 6.07) is 6.57. The predicted molar refractivity (Wildman–Crippen MR) is 84.3 cm³/mol.